The Morgan fingerprint density at radius 1 is 1.29 bits per heavy atom. The number of hydrogen-bond acceptors (Lipinski definition) is 2. The molecule has 0 amide bonds. The van der Waals surface area contributed by atoms with Crippen LogP contribution in [0, 0.1) is 4.43 Å². The topological polar surface area (TPSA) is 26.3 Å². The van der Waals surface area contributed by atoms with Gasteiger partial charge in [0.1, 0.15) is 0 Å². The van der Waals surface area contributed by atoms with E-state index in [1.165, 1.54) is 0 Å². The number of esters is 1. The average molecular weight is 527 g/mol. The quantitative estimate of drug-likeness (QED) is 0.339. The lowest BCUT2D eigenvalue weighted by Gasteiger charge is -2.17. The highest BCUT2D eigenvalue weighted by Crippen LogP contribution is 2.35. The molecule has 5 heteroatoms. The van der Waals surface area contributed by atoms with E-state index in [4.69, 9.17) is 4.74 Å². The first-order valence-corrected chi connectivity index (χ1v) is 7.06. The molecule has 1 aromatic rings. The number of carbonyl (C=O) groups excluding carboxylic acids is 1. The number of rotatable bonds is 3. The molecule has 0 aliphatic rings. The maximum Gasteiger partial charge on any atom is 0.340 e. The fourth-order valence-electron chi connectivity index (χ4n) is 0.779. The lowest BCUT2D eigenvalue weighted by molar-refractivity contribution is 0.0506. The SMILES string of the molecule is O=C(OC(I)(I)[CH]I)c1ccccc1. The van der Waals surface area contributed by atoms with Gasteiger partial charge >= 0.3 is 5.97 Å². The molecule has 0 N–H and O–H groups in total. The van der Waals surface area contributed by atoms with Crippen LogP contribution < -0.4 is 0 Å². The van der Waals surface area contributed by atoms with Crippen molar-refractivity contribution >= 4 is 73.7 Å². The summed E-state index contributed by atoms with van der Waals surface area (Å²) < 4.78 is 6.46. The zero-order chi connectivity index (χ0) is 10.6. The Bertz CT molecular complexity index is 311. The van der Waals surface area contributed by atoms with Gasteiger partial charge in [-0.25, -0.2) is 4.79 Å². The van der Waals surface area contributed by atoms with E-state index in [-0.39, 0.29) is 5.97 Å². The van der Waals surface area contributed by atoms with E-state index in [1.54, 1.807) is 16.6 Å². The van der Waals surface area contributed by atoms with Gasteiger partial charge in [-0.2, -0.15) is 0 Å². The second kappa shape index (κ2) is 5.83. The van der Waals surface area contributed by atoms with Crippen molar-refractivity contribution in [1.29, 1.82) is 0 Å². The summed E-state index contributed by atoms with van der Waals surface area (Å²) in [6, 6.07) is 8.96. The van der Waals surface area contributed by atoms with Crippen molar-refractivity contribution in [3.63, 3.8) is 0 Å². The molecule has 0 spiro atoms. The standard InChI is InChI=1S/C9H6I3O2/c10-6-9(11,12)14-8(13)7-4-2-1-3-5-7/h1-6H. The summed E-state index contributed by atoms with van der Waals surface area (Å²) in [4.78, 5) is 11.6. The van der Waals surface area contributed by atoms with Crippen LogP contribution >= 0.6 is 67.8 Å². The molecular formula is C9H6I3O2. The van der Waals surface area contributed by atoms with Crippen molar-refractivity contribution in [2.45, 2.75) is 1.61 Å². The van der Waals surface area contributed by atoms with Gasteiger partial charge in [0.2, 0.25) is 1.61 Å². The van der Waals surface area contributed by atoms with Crippen molar-refractivity contribution in [1.82, 2.24) is 0 Å². The normalized spacial score (nSPS) is 11.1. The monoisotopic (exact) mass is 527 g/mol. The van der Waals surface area contributed by atoms with E-state index in [1.807, 2.05) is 18.2 Å². The minimum absolute atomic E-state index is 0.303. The van der Waals surface area contributed by atoms with Gasteiger partial charge in [-0.15, -0.1) is 0 Å². The van der Waals surface area contributed by atoms with Gasteiger partial charge in [0, 0.05) is 0 Å². The van der Waals surface area contributed by atoms with Crippen LogP contribution in [0.15, 0.2) is 30.3 Å². The molecule has 1 rings (SSSR count). The molecule has 0 heterocycles. The summed E-state index contributed by atoms with van der Waals surface area (Å²) in [6.45, 7) is 0. The smallest absolute Gasteiger partial charge is 0.340 e. The summed E-state index contributed by atoms with van der Waals surface area (Å²) in [5.41, 5.74) is 0.573. The fourth-order valence-corrected chi connectivity index (χ4v) is 1.31. The van der Waals surface area contributed by atoms with Crippen molar-refractivity contribution in [3.05, 3.63) is 40.3 Å². The number of carbonyl (C=O) groups is 1. The van der Waals surface area contributed by atoms with Crippen LogP contribution in [-0.2, 0) is 4.74 Å². The summed E-state index contributed by atoms with van der Waals surface area (Å²) in [6.07, 6.45) is 0. The van der Waals surface area contributed by atoms with E-state index in [9.17, 15) is 4.79 Å². The van der Waals surface area contributed by atoms with E-state index in [2.05, 4.69) is 67.8 Å². The lowest BCUT2D eigenvalue weighted by Crippen LogP contribution is -2.19. The van der Waals surface area contributed by atoms with Gasteiger partial charge in [-0.05, 0) is 57.3 Å². The highest BCUT2D eigenvalue weighted by Gasteiger charge is 2.26. The Hall–Kier alpha value is 0.880. The van der Waals surface area contributed by atoms with Crippen molar-refractivity contribution in [2.24, 2.45) is 0 Å². The first-order valence-electron chi connectivity index (χ1n) is 3.66. The van der Waals surface area contributed by atoms with E-state index < -0.39 is 1.61 Å². The molecule has 1 aromatic carbocycles. The summed E-state index contributed by atoms with van der Waals surface area (Å²) in [5, 5.41) is 0. The molecule has 0 saturated carbocycles. The third-order valence-corrected chi connectivity index (χ3v) is 5.69. The Morgan fingerprint density at radius 3 is 2.36 bits per heavy atom. The van der Waals surface area contributed by atoms with Crippen LogP contribution in [0.25, 0.3) is 0 Å². The van der Waals surface area contributed by atoms with Gasteiger partial charge in [-0.1, -0.05) is 40.8 Å². The second-order valence-electron chi connectivity index (χ2n) is 2.43. The molecule has 0 saturated heterocycles. The second-order valence-corrected chi connectivity index (χ2v) is 8.32. The molecule has 0 fully saturated rings. The first-order chi connectivity index (χ1) is 6.55. The van der Waals surface area contributed by atoms with Crippen LogP contribution in [-0.4, -0.2) is 7.58 Å². The maximum atomic E-state index is 11.6. The van der Waals surface area contributed by atoms with E-state index in [0.29, 0.717) is 5.56 Å². The molecule has 1 radical (unpaired) electrons. The Kier molecular flexibility index (Phi) is 5.39. The van der Waals surface area contributed by atoms with E-state index in [0.717, 1.165) is 0 Å². The van der Waals surface area contributed by atoms with E-state index >= 15 is 0 Å². The largest absolute Gasteiger partial charge is 0.434 e. The fraction of sp³-hybridized carbons (Fsp3) is 0.111. The van der Waals surface area contributed by atoms with Crippen LogP contribution in [0.1, 0.15) is 10.4 Å². The molecule has 0 aliphatic carbocycles. The van der Waals surface area contributed by atoms with Crippen LogP contribution in [0.5, 0.6) is 0 Å². The molecule has 75 valence electrons. The molecule has 0 aliphatic heterocycles. The highest BCUT2D eigenvalue weighted by atomic mass is 127. The molecule has 0 atom stereocenters. The zero-order valence-electron chi connectivity index (χ0n) is 6.91. The lowest BCUT2D eigenvalue weighted by atomic mass is 10.2. The Labute approximate surface area is 124 Å². The van der Waals surface area contributed by atoms with Crippen molar-refractivity contribution < 1.29 is 9.53 Å². The number of halogens is 3. The Morgan fingerprint density at radius 2 is 1.86 bits per heavy atom. The minimum atomic E-state index is -0.580. The summed E-state index contributed by atoms with van der Waals surface area (Å²) in [5.74, 6) is -0.303. The minimum Gasteiger partial charge on any atom is -0.434 e. The molecule has 14 heavy (non-hydrogen) atoms. The van der Waals surface area contributed by atoms with Crippen LogP contribution in [0.2, 0.25) is 0 Å². The van der Waals surface area contributed by atoms with Gasteiger partial charge < -0.3 is 4.74 Å². The number of ether oxygens (including phenoxy) is 1. The molecule has 0 bridgehead atoms. The molecule has 2 nitrogen and oxygen atoms in total. The van der Waals surface area contributed by atoms with Gasteiger partial charge in [0.25, 0.3) is 0 Å². The summed E-state index contributed by atoms with van der Waals surface area (Å²) in [7, 11) is 0. The summed E-state index contributed by atoms with van der Waals surface area (Å²) >= 11 is 6.19. The predicted octanol–water partition coefficient (Wildman–Crippen LogP) is 3.96. The number of alkyl halides is 2. The third kappa shape index (κ3) is 4.17. The maximum absolute atomic E-state index is 11.6. The predicted molar refractivity (Wildman–Crippen MR) is 80.9 cm³/mol. The van der Waals surface area contributed by atoms with Crippen molar-refractivity contribution in [3.8, 4) is 0 Å². The third-order valence-electron chi connectivity index (χ3n) is 1.37. The van der Waals surface area contributed by atoms with Crippen LogP contribution in [0.4, 0.5) is 0 Å². The Balaban J connectivity index is 2.69. The average Bonchev–Trinajstić information content (AvgIpc) is 2.19. The van der Waals surface area contributed by atoms with Crippen molar-refractivity contribution in [2.75, 3.05) is 0 Å². The number of benzene rings is 1. The molecular weight excluding hydrogens is 521 g/mol. The zero-order valence-corrected chi connectivity index (χ0v) is 13.4. The van der Waals surface area contributed by atoms with Crippen LogP contribution in [0.3, 0.4) is 0 Å². The highest BCUT2D eigenvalue weighted by molar-refractivity contribution is 14.2. The van der Waals surface area contributed by atoms with Gasteiger partial charge in [0.05, 0.1) is 9.99 Å². The number of hydrogen-bond donors (Lipinski definition) is 0. The van der Waals surface area contributed by atoms with Gasteiger partial charge in [-0.3, -0.25) is 0 Å². The molecule has 0 aromatic heterocycles. The first kappa shape index (κ1) is 12.9. The molecule has 0 unspecified atom stereocenters. The van der Waals surface area contributed by atoms with Gasteiger partial charge in [0.15, 0.2) is 0 Å².